The molecule has 0 fully saturated rings. The number of amides is 2. The van der Waals surface area contributed by atoms with Crippen LogP contribution >= 0.6 is 11.8 Å². The van der Waals surface area contributed by atoms with Gasteiger partial charge in [0.15, 0.2) is 0 Å². The molecule has 1 aromatic heterocycles. The summed E-state index contributed by atoms with van der Waals surface area (Å²) in [5, 5.41) is 3.05. The number of hydrogen-bond acceptors (Lipinski definition) is 4. The molecule has 1 heterocycles. The highest BCUT2D eigenvalue weighted by atomic mass is 32.2. The van der Waals surface area contributed by atoms with Crippen LogP contribution in [0.2, 0.25) is 0 Å². The van der Waals surface area contributed by atoms with E-state index >= 15 is 0 Å². The van der Waals surface area contributed by atoms with Gasteiger partial charge in [-0.15, -0.1) is 0 Å². The van der Waals surface area contributed by atoms with Crippen molar-refractivity contribution in [3.05, 3.63) is 23.9 Å². The first-order valence-electron chi connectivity index (χ1n) is 7.09. The van der Waals surface area contributed by atoms with Crippen LogP contribution in [0.3, 0.4) is 0 Å². The van der Waals surface area contributed by atoms with Gasteiger partial charge in [0, 0.05) is 18.8 Å². The molecule has 1 aromatic rings. The molecular formula is C15H20F3N3O2S. The number of alkyl halides is 3. The summed E-state index contributed by atoms with van der Waals surface area (Å²) < 4.78 is 37.3. The second kappa shape index (κ2) is 7.87. The molecule has 0 atom stereocenters. The van der Waals surface area contributed by atoms with E-state index in [1.807, 2.05) is 20.8 Å². The monoisotopic (exact) mass is 363 g/mol. The van der Waals surface area contributed by atoms with Crippen LogP contribution in [0.4, 0.5) is 13.2 Å². The Morgan fingerprint density at radius 3 is 2.33 bits per heavy atom. The maximum absolute atomic E-state index is 12.4. The number of nitrogens with zero attached hydrogens (tertiary/aromatic N) is 2. The summed E-state index contributed by atoms with van der Waals surface area (Å²) in [6, 6.07) is 2.13. The first-order chi connectivity index (χ1) is 10.9. The summed E-state index contributed by atoms with van der Waals surface area (Å²) in [6.07, 6.45) is -3.71. The zero-order valence-corrected chi connectivity index (χ0v) is 14.7. The fourth-order valence-electron chi connectivity index (χ4n) is 1.64. The molecule has 0 aliphatic rings. The summed E-state index contributed by atoms with van der Waals surface area (Å²) >= 11 is 1.02. The van der Waals surface area contributed by atoms with Crippen LogP contribution in [0.1, 0.15) is 26.3 Å². The largest absolute Gasteiger partial charge is 0.417 e. The standard InChI is InChI=1S/C15H20F3N3O2S/c1-14(2,3)20-11(22)8-21(4)13(23)9-24-12-6-5-10(7-19-12)15(16,17)18/h5-7H,8-9H2,1-4H3,(H,20,22). The van der Waals surface area contributed by atoms with Crippen LogP contribution in [-0.4, -0.2) is 46.6 Å². The number of hydrogen-bond donors (Lipinski definition) is 1. The molecule has 0 bridgehead atoms. The van der Waals surface area contributed by atoms with Crippen molar-refractivity contribution in [1.29, 1.82) is 0 Å². The number of aromatic nitrogens is 1. The molecule has 0 radical (unpaired) electrons. The topological polar surface area (TPSA) is 62.3 Å². The van der Waals surface area contributed by atoms with E-state index < -0.39 is 11.7 Å². The number of carbonyl (C=O) groups is 2. The molecule has 134 valence electrons. The van der Waals surface area contributed by atoms with E-state index in [1.54, 1.807) is 0 Å². The van der Waals surface area contributed by atoms with Gasteiger partial charge in [-0.2, -0.15) is 13.2 Å². The molecule has 0 saturated heterocycles. The van der Waals surface area contributed by atoms with Gasteiger partial charge >= 0.3 is 6.18 Å². The smallest absolute Gasteiger partial charge is 0.350 e. The van der Waals surface area contributed by atoms with Gasteiger partial charge in [0.1, 0.15) is 0 Å². The van der Waals surface area contributed by atoms with E-state index in [-0.39, 0.29) is 29.7 Å². The summed E-state index contributed by atoms with van der Waals surface area (Å²) in [5.41, 5.74) is -1.23. The Bertz CT molecular complexity index is 583. The van der Waals surface area contributed by atoms with E-state index in [4.69, 9.17) is 0 Å². The van der Waals surface area contributed by atoms with Crippen LogP contribution < -0.4 is 5.32 Å². The summed E-state index contributed by atoms with van der Waals surface area (Å²) in [4.78, 5) is 28.7. The molecule has 0 aromatic carbocycles. The highest BCUT2D eigenvalue weighted by molar-refractivity contribution is 7.99. The van der Waals surface area contributed by atoms with E-state index in [0.29, 0.717) is 5.03 Å². The lowest BCUT2D eigenvalue weighted by molar-refractivity contribution is -0.138. The quantitative estimate of drug-likeness (QED) is 0.817. The lowest BCUT2D eigenvalue weighted by Crippen LogP contribution is -2.46. The van der Waals surface area contributed by atoms with Crippen LogP contribution in [0.15, 0.2) is 23.4 Å². The van der Waals surface area contributed by atoms with Gasteiger partial charge in [-0.1, -0.05) is 11.8 Å². The highest BCUT2D eigenvalue weighted by Gasteiger charge is 2.30. The molecule has 0 unspecified atom stereocenters. The fourth-order valence-corrected chi connectivity index (χ4v) is 2.42. The number of thioether (sulfide) groups is 1. The average Bonchev–Trinajstić information content (AvgIpc) is 2.42. The Morgan fingerprint density at radius 2 is 1.88 bits per heavy atom. The third kappa shape index (κ3) is 7.20. The van der Waals surface area contributed by atoms with Crippen molar-refractivity contribution in [2.75, 3.05) is 19.3 Å². The minimum atomic E-state index is -4.44. The van der Waals surface area contributed by atoms with Gasteiger partial charge in [-0.25, -0.2) is 4.98 Å². The van der Waals surface area contributed by atoms with Crippen LogP contribution in [0.25, 0.3) is 0 Å². The average molecular weight is 363 g/mol. The van der Waals surface area contributed by atoms with Crippen LogP contribution in [0.5, 0.6) is 0 Å². The molecule has 1 rings (SSSR count). The predicted octanol–water partition coefficient (Wildman–Crippen LogP) is 2.57. The van der Waals surface area contributed by atoms with E-state index in [9.17, 15) is 22.8 Å². The molecule has 9 heteroatoms. The molecule has 1 N–H and O–H groups in total. The first-order valence-corrected chi connectivity index (χ1v) is 8.08. The van der Waals surface area contributed by atoms with Gasteiger partial charge in [-0.05, 0) is 32.9 Å². The molecular weight excluding hydrogens is 343 g/mol. The molecule has 5 nitrogen and oxygen atoms in total. The SMILES string of the molecule is CN(CC(=O)NC(C)(C)C)C(=O)CSc1ccc(C(F)(F)F)cn1. The van der Waals surface area contributed by atoms with E-state index in [1.165, 1.54) is 18.0 Å². The van der Waals surface area contributed by atoms with Crippen molar-refractivity contribution in [2.24, 2.45) is 0 Å². The van der Waals surface area contributed by atoms with E-state index in [2.05, 4.69) is 10.3 Å². The minimum Gasteiger partial charge on any atom is -0.350 e. The summed E-state index contributed by atoms with van der Waals surface area (Å²) in [6.45, 7) is 5.41. The Labute approximate surface area is 143 Å². The second-order valence-corrected chi connectivity index (χ2v) is 7.22. The van der Waals surface area contributed by atoms with Gasteiger partial charge < -0.3 is 10.2 Å². The Kier molecular flexibility index (Phi) is 6.65. The number of likely N-dealkylation sites (N-methyl/N-ethyl adjacent to an activating group) is 1. The van der Waals surface area contributed by atoms with Crippen molar-refractivity contribution in [1.82, 2.24) is 15.2 Å². The molecule has 0 saturated carbocycles. The second-order valence-electron chi connectivity index (χ2n) is 6.22. The van der Waals surface area contributed by atoms with Gasteiger partial charge in [0.2, 0.25) is 11.8 Å². The molecule has 0 aliphatic heterocycles. The lowest BCUT2D eigenvalue weighted by Gasteiger charge is -2.23. The third-order valence-corrected chi connectivity index (χ3v) is 3.66. The van der Waals surface area contributed by atoms with Crippen molar-refractivity contribution < 1.29 is 22.8 Å². The zero-order chi connectivity index (χ0) is 18.5. The van der Waals surface area contributed by atoms with Crippen LogP contribution in [-0.2, 0) is 15.8 Å². The summed E-state index contributed by atoms with van der Waals surface area (Å²) in [5.74, 6) is -0.612. The molecule has 24 heavy (non-hydrogen) atoms. The van der Waals surface area contributed by atoms with Crippen molar-refractivity contribution in [2.45, 2.75) is 37.5 Å². The Hall–Kier alpha value is -1.77. The lowest BCUT2D eigenvalue weighted by atomic mass is 10.1. The minimum absolute atomic E-state index is 0.0162. The highest BCUT2D eigenvalue weighted by Crippen LogP contribution is 2.29. The molecule has 0 spiro atoms. The summed E-state index contributed by atoms with van der Waals surface area (Å²) in [7, 11) is 1.49. The van der Waals surface area contributed by atoms with Crippen LogP contribution in [0, 0.1) is 0 Å². The molecule has 2 amide bonds. The number of nitrogens with one attached hydrogen (secondary N) is 1. The predicted molar refractivity (Wildman–Crippen MR) is 85.5 cm³/mol. The maximum Gasteiger partial charge on any atom is 0.417 e. The number of carbonyl (C=O) groups excluding carboxylic acids is 2. The van der Waals surface area contributed by atoms with Gasteiger partial charge in [-0.3, -0.25) is 9.59 Å². The van der Waals surface area contributed by atoms with Crippen molar-refractivity contribution in [3.8, 4) is 0 Å². The number of rotatable bonds is 5. The number of halogens is 3. The Balaban J connectivity index is 2.49. The van der Waals surface area contributed by atoms with Gasteiger partial charge in [0.25, 0.3) is 0 Å². The fraction of sp³-hybridized carbons (Fsp3) is 0.533. The number of pyridine rings is 1. The van der Waals surface area contributed by atoms with Gasteiger partial charge in [0.05, 0.1) is 22.9 Å². The Morgan fingerprint density at radius 1 is 1.25 bits per heavy atom. The third-order valence-electron chi connectivity index (χ3n) is 2.73. The molecule has 0 aliphatic carbocycles. The maximum atomic E-state index is 12.4. The first kappa shape index (κ1) is 20.3. The zero-order valence-electron chi connectivity index (χ0n) is 13.9. The van der Waals surface area contributed by atoms with Crippen molar-refractivity contribution in [3.63, 3.8) is 0 Å². The van der Waals surface area contributed by atoms with Crippen molar-refractivity contribution >= 4 is 23.6 Å². The normalized spacial score (nSPS) is 12.0. The van der Waals surface area contributed by atoms with E-state index in [0.717, 1.165) is 24.0 Å².